The second kappa shape index (κ2) is 6.68. The van der Waals surface area contributed by atoms with Crippen LogP contribution in [-0.4, -0.2) is 15.0 Å². The topological polar surface area (TPSA) is 67.2 Å². The van der Waals surface area contributed by atoms with E-state index in [-0.39, 0.29) is 6.61 Å². The Hall–Kier alpha value is -1.39. The lowest BCUT2D eigenvalue weighted by molar-refractivity contribution is 0.276. The van der Waals surface area contributed by atoms with E-state index in [2.05, 4.69) is 0 Å². The minimum atomic E-state index is -4.20. The molecule has 19 heavy (non-hydrogen) atoms. The molecule has 0 unspecified atom stereocenters. The smallest absolute Gasteiger partial charge is 0.261 e. The van der Waals surface area contributed by atoms with E-state index in [1.165, 1.54) is 0 Å². The Morgan fingerprint density at radius 1 is 1.26 bits per heavy atom. The molecule has 0 spiro atoms. The van der Waals surface area contributed by atoms with E-state index in [1.807, 2.05) is 6.07 Å². The van der Waals surface area contributed by atoms with Crippen molar-refractivity contribution in [2.75, 3.05) is 6.61 Å². The summed E-state index contributed by atoms with van der Waals surface area (Å²) in [5.41, 5.74) is 0. The zero-order chi connectivity index (χ0) is 14.5. The monoisotopic (exact) mass is 309 g/mol. The molecule has 0 aliphatic heterocycles. The van der Waals surface area contributed by atoms with Crippen LogP contribution in [0.15, 0.2) is 17.0 Å². The van der Waals surface area contributed by atoms with Gasteiger partial charge in [-0.25, -0.2) is 17.2 Å². The Morgan fingerprint density at radius 2 is 1.84 bits per heavy atom. The molecule has 0 saturated heterocycles. The number of nitriles is 1. The van der Waals surface area contributed by atoms with Crippen LogP contribution < -0.4 is 4.74 Å². The molecule has 0 atom stereocenters. The summed E-state index contributed by atoms with van der Waals surface area (Å²) in [5, 5.41) is 8.30. The maximum atomic E-state index is 13.5. The van der Waals surface area contributed by atoms with Crippen molar-refractivity contribution in [2.24, 2.45) is 0 Å². The minimum Gasteiger partial charge on any atom is -0.488 e. The van der Waals surface area contributed by atoms with E-state index in [9.17, 15) is 17.2 Å². The lowest BCUT2D eigenvalue weighted by Gasteiger charge is -2.08. The normalized spacial score (nSPS) is 11.1. The van der Waals surface area contributed by atoms with Crippen molar-refractivity contribution in [3.63, 3.8) is 0 Å². The van der Waals surface area contributed by atoms with E-state index in [4.69, 9.17) is 20.7 Å². The maximum Gasteiger partial charge on any atom is 0.261 e. The number of hydrogen-bond acceptors (Lipinski definition) is 4. The fraction of sp³-hybridized carbons (Fsp3) is 0.364. The van der Waals surface area contributed by atoms with Gasteiger partial charge in [0.05, 0.1) is 17.6 Å². The van der Waals surface area contributed by atoms with Gasteiger partial charge in [0, 0.05) is 17.1 Å². The standard InChI is InChI=1S/C11H10ClF2NO3S/c12-19(16,17)8-6-9(13)11(10(14)7-8)18-5-3-1-2-4-15/h6-7H,1-3,5H2. The van der Waals surface area contributed by atoms with Gasteiger partial charge >= 0.3 is 0 Å². The van der Waals surface area contributed by atoms with Crippen LogP contribution >= 0.6 is 10.7 Å². The highest BCUT2D eigenvalue weighted by molar-refractivity contribution is 8.13. The van der Waals surface area contributed by atoms with Gasteiger partial charge in [0.25, 0.3) is 9.05 Å². The Kier molecular flexibility index (Phi) is 5.51. The number of unbranched alkanes of at least 4 members (excludes halogenated alkanes) is 2. The number of nitrogens with zero attached hydrogens (tertiary/aromatic N) is 1. The third-order valence-electron chi connectivity index (χ3n) is 2.18. The van der Waals surface area contributed by atoms with Gasteiger partial charge in [0.2, 0.25) is 0 Å². The van der Waals surface area contributed by atoms with Crippen molar-refractivity contribution in [1.82, 2.24) is 0 Å². The van der Waals surface area contributed by atoms with Gasteiger partial charge in [-0.15, -0.1) is 0 Å². The molecule has 0 bridgehead atoms. The fourth-order valence-corrected chi connectivity index (χ4v) is 2.05. The molecule has 0 aromatic heterocycles. The maximum absolute atomic E-state index is 13.5. The van der Waals surface area contributed by atoms with Crippen LogP contribution in [0.3, 0.4) is 0 Å². The van der Waals surface area contributed by atoms with Crippen LogP contribution in [0.1, 0.15) is 19.3 Å². The Bertz CT molecular complexity index is 575. The highest BCUT2D eigenvalue weighted by atomic mass is 35.7. The van der Waals surface area contributed by atoms with Crippen LogP contribution in [0, 0.1) is 23.0 Å². The summed E-state index contributed by atoms with van der Waals surface area (Å²) in [6, 6.07) is 3.11. The van der Waals surface area contributed by atoms with E-state index in [0.717, 1.165) is 0 Å². The van der Waals surface area contributed by atoms with Crippen LogP contribution in [0.25, 0.3) is 0 Å². The third kappa shape index (κ3) is 4.65. The summed E-state index contributed by atoms with van der Waals surface area (Å²) in [6.07, 6.45) is 1.34. The highest BCUT2D eigenvalue weighted by Crippen LogP contribution is 2.27. The second-order valence-corrected chi connectivity index (χ2v) is 6.18. The molecule has 0 saturated carbocycles. The molecule has 0 N–H and O–H groups in total. The lowest BCUT2D eigenvalue weighted by atomic mass is 10.2. The molecular weight excluding hydrogens is 300 g/mol. The molecule has 1 aromatic carbocycles. The molecule has 0 aliphatic rings. The number of rotatable bonds is 6. The van der Waals surface area contributed by atoms with Gasteiger partial charge in [0.1, 0.15) is 0 Å². The van der Waals surface area contributed by atoms with Gasteiger partial charge in [0.15, 0.2) is 17.4 Å². The molecule has 0 amide bonds. The summed E-state index contributed by atoms with van der Waals surface area (Å²) < 4.78 is 53.7. The summed E-state index contributed by atoms with van der Waals surface area (Å²) in [5.74, 6) is -2.93. The summed E-state index contributed by atoms with van der Waals surface area (Å²) in [4.78, 5) is -0.666. The van der Waals surface area contributed by atoms with Crippen LogP contribution in [-0.2, 0) is 9.05 Å². The molecule has 8 heteroatoms. The van der Waals surface area contributed by atoms with Crippen molar-refractivity contribution < 1.29 is 21.9 Å². The molecule has 104 valence electrons. The quantitative estimate of drug-likeness (QED) is 0.598. The summed E-state index contributed by atoms with van der Waals surface area (Å²) in [6.45, 7) is 0.0302. The SMILES string of the molecule is N#CCCCCOc1c(F)cc(S(=O)(=O)Cl)cc1F. The molecule has 0 fully saturated rings. The molecule has 0 aliphatic carbocycles. The zero-order valence-corrected chi connectivity index (χ0v) is 11.3. The summed E-state index contributed by atoms with van der Waals surface area (Å²) in [7, 11) is 0.787. The molecular formula is C11H10ClF2NO3S. The number of benzene rings is 1. The van der Waals surface area contributed by atoms with Crippen molar-refractivity contribution >= 4 is 19.7 Å². The minimum absolute atomic E-state index is 0.0302. The van der Waals surface area contributed by atoms with Crippen molar-refractivity contribution in [1.29, 1.82) is 5.26 Å². The molecule has 0 radical (unpaired) electrons. The van der Waals surface area contributed by atoms with E-state index in [1.54, 1.807) is 0 Å². The molecule has 1 rings (SSSR count). The zero-order valence-electron chi connectivity index (χ0n) is 9.70. The molecule has 1 aromatic rings. The van der Waals surface area contributed by atoms with Crippen LogP contribution in [0.5, 0.6) is 5.75 Å². The van der Waals surface area contributed by atoms with Gasteiger partial charge in [-0.1, -0.05) is 0 Å². The van der Waals surface area contributed by atoms with Crippen molar-refractivity contribution in [3.05, 3.63) is 23.8 Å². The van der Waals surface area contributed by atoms with Gasteiger partial charge in [-0.05, 0) is 25.0 Å². The largest absolute Gasteiger partial charge is 0.488 e. The number of halogens is 3. The predicted octanol–water partition coefficient (Wildman–Crippen LogP) is 2.96. The Balaban J connectivity index is 2.79. The summed E-state index contributed by atoms with van der Waals surface area (Å²) >= 11 is 0. The van der Waals surface area contributed by atoms with E-state index in [0.29, 0.717) is 31.4 Å². The first-order chi connectivity index (χ1) is 8.86. The van der Waals surface area contributed by atoms with Crippen LogP contribution in [0.4, 0.5) is 8.78 Å². The first-order valence-corrected chi connectivity index (χ1v) is 7.60. The Morgan fingerprint density at radius 3 is 2.32 bits per heavy atom. The Labute approximate surface area is 114 Å². The highest BCUT2D eigenvalue weighted by Gasteiger charge is 2.18. The van der Waals surface area contributed by atoms with Crippen molar-refractivity contribution in [3.8, 4) is 11.8 Å². The van der Waals surface area contributed by atoms with Crippen LogP contribution in [0.2, 0.25) is 0 Å². The van der Waals surface area contributed by atoms with Gasteiger partial charge in [-0.2, -0.15) is 5.26 Å². The first-order valence-electron chi connectivity index (χ1n) is 5.29. The van der Waals surface area contributed by atoms with Gasteiger partial charge < -0.3 is 4.74 Å². The predicted molar refractivity (Wildman–Crippen MR) is 64.4 cm³/mol. The number of hydrogen-bond donors (Lipinski definition) is 0. The fourth-order valence-electron chi connectivity index (χ4n) is 1.30. The lowest BCUT2D eigenvalue weighted by Crippen LogP contribution is -2.03. The first kappa shape index (κ1) is 15.7. The average Bonchev–Trinajstić information content (AvgIpc) is 2.30. The molecule has 4 nitrogen and oxygen atoms in total. The second-order valence-electron chi connectivity index (χ2n) is 3.62. The van der Waals surface area contributed by atoms with Crippen molar-refractivity contribution in [2.45, 2.75) is 24.2 Å². The van der Waals surface area contributed by atoms with E-state index < -0.39 is 31.3 Å². The van der Waals surface area contributed by atoms with E-state index >= 15 is 0 Å². The third-order valence-corrected chi connectivity index (χ3v) is 3.52. The van der Waals surface area contributed by atoms with Gasteiger partial charge in [-0.3, -0.25) is 0 Å². The average molecular weight is 310 g/mol. The number of ether oxygens (including phenoxy) is 1. The molecule has 0 heterocycles.